The summed E-state index contributed by atoms with van der Waals surface area (Å²) in [7, 11) is -6.74. The fourth-order valence-corrected chi connectivity index (χ4v) is 4.81. The highest BCUT2D eigenvalue weighted by Gasteiger charge is 2.37. The zero-order valence-corrected chi connectivity index (χ0v) is 19.1. The van der Waals surface area contributed by atoms with Crippen LogP contribution >= 0.6 is 21.1 Å². The third-order valence-corrected chi connectivity index (χ3v) is 6.00. The van der Waals surface area contributed by atoms with Crippen LogP contribution in [0, 0.1) is 10.1 Å². The molecule has 0 heterocycles. The normalized spacial score (nSPS) is 13.0. The van der Waals surface area contributed by atoms with Crippen LogP contribution in [0.25, 0.3) is 0 Å². The number of amides is 1. The average Bonchev–Trinajstić information content (AvgIpc) is 2.58. The molecule has 0 aliphatic heterocycles. The number of halogens is 1. The Balaban J connectivity index is 3.25. The van der Waals surface area contributed by atoms with Crippen molar-refractivity contribution in [3.05, 3.63) is 33.9 Å². The number of carbonyl (C=O) groups excluding carboxylic acids is 1. The van der Waals surface area contributed by atoms with Crippen molar-refractivity contribution in [3.8, 4) is 5.75 Å². The summed E-state index contributed by atoms with van der Waals surface area (Å²) in [6.07, 6.45) is -1.28. The van der Waals surface area contributed by atoms with Crippen molar-refractivity contribution in [2.45, 2.75) is 13.0 Å². The van der Waals surface area contributed by atoms with Gasteiger partial charge in [-0.3, -0.25) is 10.1 Å². The second kappa shape index (κ2) is 9.85. The molecule has 0 N–H and O–H groups in total. The van der Waals surface area contributed by atoms with Crippen molar-refractivity contribution in [2.24, 2.45) is 0 Å². The molecule has 1 aromatic carbocycles. The number of alkyl halides is 1. The quantitative estimate of drug-likeness (QED) is 0.217. The van der Waals surface area contributed by atoms with Crippen molar-refractivity contribution in [1.82, 2.24) is 8.83 Å². The van der Waals surface area contributed by atoms with E-state index in [2.05, 4.69) is 0 Å². The molecule has 1 rings (SSSR count). The molecule has 1 aromatic rings. The Bertz CT molecular complexity index is 987. The van der Waals surface area contributed by atoms with E-state index in [4.69, 9.17) is 20.9 Å². The van der Waals surface area contributed by atoms with Crippen molar-refractivity contribution < 1.29 is 35.8 Å². The van der Waals surface area contributed by atoms with Crippen LogP contribution in [0.5, 0.6) is 5.75 Å². The smallest absolute Gasteiger partial charge is 0.440 e. The first-order chi connectivity index (χ1) is 13.2. The van der Waals surface area contributed by atoms with Crippen molar-refractivity contribution in [2.75, 3.05) is 24.9 Å². The minimum Gasteiger partial charge on any atom is -0.473 e. The predicted octanol–water partition coefficient (Wildman–Crippen LogP) is 1.64. The molecular weight excluding hydrogens is 473 g/mol. The molecule has 1 amide bonds. The summed E-state index contributed by atoms with van der Waals surface area (Å²) in [5.74, 6) is -0.431. The van der Waals surface area contributed by atoms with Gasteiger partial charge in [-0.1, -0.05) is 4.41 Å². The fourth-order valence-electron chi connectivity index (χ4n) is 2.15. The van der Waals surface area contributed by atoms with Crippen LogP contribution in [0.1, 0.15) is 18.6 Å². The van der Waals surface area contributed by atoms with Gasteiger partial charge in [0, 0.05) is 18.5 Å². The lowest BCUT2D eigenvalue weighted by Gasteiger charge is -2.30. The van der Waals surface area contributed by atoms with Crippen LogP contribution in [0.15, 0.2) is 18.2 Å². The van der Waals surface area contributed by atoms with Crippen LogP contribution in [0.4, 0.5) is 10.5 Å². The monoisotopic (exact) mass is 491 g/mol. The van der Waals surface area contributed by atoms with Crippen LogP contribution in [-0.2, 0) is 24.8 Å². The highest BCUT2D eigenvalue weighted by Crippen LogP contribution is 2.32. The van der Waals surface area contributed by atoms with E-state index in [-0.39, 0.29) is 31.7 Å². The van der Waals surface area contributed by atoms with Crippen molar-refractivity contribution in [1.29, 1.82) is 0 Å². The molecule has 0 saturated heterocycles. The maximum atomic E-state index is 12.5. The Morgan fingerprint density at radius 2 is 1.86 bits per heavy atom. The van der Waals surface area contributed by atoms with Gasteiger partial charge in [0.2, 0.25) is 10.0 Å². The highest BCUT2D eigenvalue weighted by atomic mass is 35.5. The molecule has 12 nitrogen and oxygen atoms in total. The van der Waals surface area contributed by atoms with E-state index < -0.39 is 43.7 Å². The Morgan fingerprint density at radius 3 is 2.28 bits per heavy atom. The standard InChI is InChI=1S/C13H19ClN3O9PS2/c1-9(10-4-5-11(17(19)20)12(8-10)26-27)25-13(18)16(29(3,23)24)15(7-6-14)28(2,21)22/h4-5,8-9H,6-7,27H2,1-3H3. The number of carbonyl (C=O) groups is 1. The van der Waals surface area contributed by atoms with E-state index in [1.54, 1.807) is 0 Å². The molecule has 164 valence electrons. The predicted molar refractivity (Wildman–Crippen MR) is 107 cm³/mol. The number of nitro benzene ring substituents is 1. The zero-order chi connectivity index (χ0) is 22.6. The third-order valence-electron chi connectivity index (χ3n) is 3.39. The fraction of sp³-hybridized carbons (Fsp3) is 0.462. The number of sulfonamides is 2. The SMILES string of the molecule is CC(OC(=O)N(N(CCCl)S(C)(=O)=O)S(C)(=O)=O)c1ccc([N+](=O)[O-])c(OP)c1. The van der Waals surface area contributed by atoms with Gasteiger partial charge in [0.05, 0.1) is 26.9 Å². The molecule has 0 radical (unpaired) electrons. The van der Waals surface area contributed by atoms with Crippen molar-refractivity contribution in [3.63, 3.8) is 0 Å². The van der Waals surface area contributed by atoms with Crippen molar-refractivity contribution >= 4 is 52.9 Å². The molecule has 0 bridgehead atoms. The maximum Gasteiger partial charge on any atom is 0.440 e. The number of hydrogen-bond acceptors (Lipinski definition) is 9. The van der Waals surface area contributed by atoms with Gasteiger partial charge in [-0.15, -0.1) is 16.0 Å². The van der Waals surface area contributed by atoms with Gasteiger partial charge < -0.3 is 9.26 Å². The molecular formula is C13H19ClN3O9PS2. The first-order valence-electron chi connectivity index (χ1n) is 7.63. The number of hydrogen-bond donors (Lipinski definition) is 0. The van der Waals surface area contributed by atoms with E-state index in [9.17, 15) is 31.7 Å². The van der Waals surface area contributed by atoms with Crippen LogP contribution in [-0.4, -0.2) is 61.6 Å². The van der Waals surface area contributed by atoms with Gasteiger partial charge in [-0.05, 0) is 24.6 Å². The second-order valence-electron chi connectivity index (χ2n) is 5.63. The highest BCUT2D eigenvalue weighted by molar-refractivity contribution is 7.91. The molecule has 29 heavy (non-hydrogen) atoms. The van der Waals surface area contributed by atoms with Crippen LogP contribution in [0.2, 0.25) is 0 Å². The molecule has 2 atom stereocenters. The van der Waals surface area contributed by atoms with E-state index in [0.29, 0.717) is 12.5 Å². The van der Waals surface area contributed by atoms with Gasteiger partial charge in [-0.2, -0.15) is 0 Å². The van der Waals surface area contributed by atoms with E-state index in [0.717, 1.165) is 6.07 Å². The molecule has 2 unspecified atom stereocenters. The van der Waals surface area contributed by atoms with Crippen LogP contribution in [0.3, 0.4) is 0 Å². The van der Waals surface area contributed by atoms with Crippen LogP contribution < -0.4 is 4.52 Å². The number of hydrazine groups is 1. The Hall–Kier alpha value is -1.73. The lowest BCUT2D eigenvalue weighted by atomic mass is 10.1. The lowest BCUT2D eigenvalue weighted by Crippen LogP contribution is -2.52. The first kappa shape index (κ1) is 25.3. The van der Waals surface area contributed by atoms with E-state index >= 15 is 0 Å². The summed E-state index contributed by atoms with van der Waals surface area (Å²) in [6, 6.07) is 3.62. The Kier molecular flexibility index (Phi) is 8.59. The van der Waals surface area contributed by atoms with Gasteiger partial charge in [0.25, 0.3) is 10.0 Å². The average molecular weight is 492 g/mol. The summed E-state index contributed by atoms with van der Waals surface area (Å²) in [5.41, 5.74) is -0.108. The molecule has 0 fully saturated rings. The number of nitrogens with zero attached hydrogens (tertiary/aromatic N) is 3. The number of ether oxygens (including phenoxy) is 1. The van der Waals surface area contributed by atoms with Gasteiger partial charge in [-0.25, -0.2) is 21.6 Å². The minimum atomic E-state index is -4.40. The summed E-state index contributed by atoms with van der Waals surface area (Å²) in [6.45, 7) is 0.859. The molecule has 0 aliphatic rings. The molecule has 0 saturated carbocycles. The van der Waals surface area contributed by atoms with Gasteiger partial charge in [0.15, 0.2) is 5.75 Å². The van der Waals surface area contributed by atoms with Gasteiger partial charge >= 0.3 is 11.8 Å². The summed E-state index contributed by atoms with van der Waals surface area (Å²) >= 11 is 5.53. The largest absolute Gasteiger partial charge is 0.473 e. The maximum absolute atomic E-state index is 12.5. The minimum absolute atomic E-state index is 0.0420. The second-order valence-corrected chi connectivity index (χ2v) is 9.94. The summed E-state index contributed by atoms with van der Waals surface area (Å²) < 4.78 is 58.1. The number of benzene rings is 1. The molecule has 0 aromatic heterocycles. The number of rotatable bonds is 9. The summed E-state index contributed by atoms with van der Waals surface area (Å²) in [4.78, 5) is 22.8. The zero-order valence-electron chi connectivity index (χ0n) is 15.5. The molecule has 0 spiro atoms. The number of nitro groups is 1. The van der Waals surface area contributed by atoms with E-state index in [1.807, 2.05) is 9.47 Å². The molecule has 16 heteroatoms. The topological polar surface area (TPSA) is 153 Å². The van der Waals surface area contributed by atoms with E-state index in [1.165, 1.54) is 19.1 Å². The Labute approximate surface area is 175 Å². The third kappa shape index (κ3) is 6.64. The Morgan fingerprint density at radius 1 is 1.28 bits per heavy atom. The lowest BCUT2D eigenvalue weighted by molar-refractivity contribution is -0.385. The summed E-state index contributed by atoms with van der Waals surface area (Å²) in [5, 5.41) is 11.0. The first-order valence-corrected chi connectivity index (χ1v) is 12.3. The van der Waals surface area contributed by atoms with Gasteiger partial charge in [0.1, 0.15) is 6.10 Å². The molecule has 0 aliphatic carbocycles.